The molecule has 27 heavy (non-hydrogen) atoms. The van der Waals surface area contributed by atoms with E-state index in [1.165, 1.54) is 32.2 Å². The van der Waals surface area contributed by atoms with Gasteiger partial charge in [0, 0.05) is 12.1 Å². The molecule has 2 amide bonds. The number of carbonyl (C=O) groups excluding carboxylic acids is 1. The summed E-state index contributed by atoms with van der Waals surface area (Å²) in [5.74, 6) is -0.981. The molecule has 0 aromatic carbocycles. The fourth-order valence-electron chi connectivity index (χ4n) is 1.56. The SMILES string of the molecule is Cc1ccnc(NC(=O)NC(O/N=C(/Cl)C(C)C)(C(F)(F)F)C(F)(F)F)c1. The first-order valence-electron chi connectivity index (χ1n) is 7.26. The molecule has 13 heteroatoms. The first-order chi connectivity index (χ1) is 12.2. The number of aromatic nitrogens is 1. The Morgan fingerprint density at radius 1 is 1.22 bits per heavy atom. The Morgan fingerprint density at radius 2 is 1.78 bits per heavy atom. The van der Waals surface area contributed by atoms with Crippen molar-refractivity contribution in [1.82, 2.24) is 10.3 Å². The van der Waals surface area contributed by atoms with Gasteiger partial charge in [-0.15, -0.1) is 0 Å². The quantitative estimate of drug-likeness (QED) is 0.317. The molecule has 0 saturated heterocycles. The van der Waals surface area contributed by atoms with Gasteiger partial charge in [-0.1, -0.05) is 30.6 Å². The van der Waals surface area contributed by atoms with E-state index >= 15 is 0 Å². The number of pyridine rings is 1. The molecule has 1 rings (SSSR count). The molecule has 0 aliphatic carbocycles. The van der Waals surface area contributed by atoms with Crippen LogP contribution in [0.4, 0.5) is 37.0 Å². The summed E-state index contributed by atoms with van der Waals surface area (Å²) in [4.78, 5) is 19.1. The second kappa shape index (κ2) is 8.19. The Bertz CT molecular complexity index is 692. The van der Waals surface area contributed by atoms with Crippen LogP contribution in [-0.2, 0) is 4.84 Å². The van der Waals surface area contributed by atoms with Crippen molar-refractivity contribution in [3.63, 3.8) is 0 Å². The minimum atomic E-state index is -6.11. The third-order valence-electron chi connectivity index (χ3n) is 2.99. The van der Waals surface area contributed by atoms with Crippen LogP contribution in [-0.4, -0.2) is 34.3 Å². The van der Waals surface area contributed by atoms with Gasteiger partial charge in [0.1, 0.15) is 11.0 Å². The molecular formula is C14H15ClF6N4O2. The van der Waals surface area contributed by atoms with Gasteiger partial charge in [0.2, 0.25) is 0 Å². The lowest BCUT2D eigenvalue weighted by atomic mass is 10.2. The predicted molar refractivity (Wildman–Crippen MR) is 85.2 cm³/mol. The Hall–Kier alpha value is -2.24. The number of hydrogen-bond acceptors (Lipinski definition) is 4. The molecule has 1 aromatic heterocycles. The monoisotopic (exact) mass is 420 g/mol. The van der Waals surface area contributed by atoms with Crippen LogP contribution in [0.15, 0.2) is 23.5 Å². The lowest BCUT2D eigenvalue weighted by Crippen LogP contribution is -2.69. The molecule has 0 saturated carbocycles. The van der Waals surface area contributed by atoms with Crippen molar-refractivity contribution in [3.05, 3.63) is 23.9 Å². The van der Waals surface area contributed by atoms with Crippen molar-refractivity contribution >= 4 is 28.6 Å². The third kappa shape index (κ3) is 5.62. The molecule has 2 N–H and O–H groups in total. The van der Waals surface area contributed by atoms with E-state index in [0.29, 0.717) is 5.56 Å². The number of rotatable bonds is 5. The second-order valence-corrected chi connectivity index (χ2v) is 6.02. The van der Waals surface area contributed by atoms with Crippen LogP contribution in [0.2, 0.25) is 0 Å². The maximum atomic E-state index is 13.3. The number of aryl methyl sites for hydroxylation is 1. The van der Waals surface area contributed by atoms with Gasteiger partial charge in [0.15, 0.2) is 0 Å². The van der Waals surface area contributed by atoms with Crippen molar-refractivity contribution < 1.29 is 36.0 Å². The van der Waals surface area contributed by atoms with Crippen LogP contribution in [0, 0.1) is 12.8 Å². The first kappa shape index (κ1) is 22.8. The molecule has 1 heterocycles. The first-order valence-corrected chi connectivity index (χ1v) is 7.64. The lowest BCUT2D eigenvalue weighted by molar-refractivity contribution is -0.388. The molecule has 0 atom stereocenters. The highest BCUT2D eigenvalue weighted by Gasteiger charge is 2.76. The zero-order valence-electron chi connectivity index (χ0n) is 14.2. The summed E-state index contributed by atoms with van der Waals surface area (Å²) in [6.45, 7) is 4.30. The summed E-state index contributed by atoms with van der Waals surface area (Å²) in [5, 5.41) is 4.54. The number of alkyl halides is 6. The number of halogens is 7. The summed E-state index contributed by atoms with van der Waals surface area (Å²) in [6.07, 6.45) is -11.0. The molecule has 0 aliphatic rings. The van der Waals surface area contributed by atoms with Crippen LogP contribution >= 0.6 is 11.6 Å². The maximum absolute atomic E-state index is 13.3. The predicted octanol–water partition coefficient (Wildman–Crippen LogP) is 4.56. The third-order valence-corrected chi connectivity index (χ3v) is 3.50. The molecular weight excluding hydrogens is 406 g/mol. The Morgan fingerprint density at radius 3 is 2.22 bits per heavy atom. The number of urea groups is 1. The number of hydrogen-bond donors (Lipinski definition) is 2. The van der Waals surface area contributed by atoms with Gasteiger partial charge in [-0.05, 0) is 24.6 Å². The summed E-state index contributed by atoms with van der Waals surface area (Å²) < 4.78 is 79.6. The van der Waals surface area contributed by atoms with Gasteiger partial charge >= 0.3 is 24.1 Å². The van der Waals surface area contributed by atoms with Gasteiger partial charge in [-0.3, -0.25) is 10.6 Å². The second-order valence-electron chi connectivity index (χ2n) is 5.63. The molecule has 0 radical (unpaired) electrons. The fraction of sp³-hybridized carbons (Fsp3) is 0.500. The number of anilines is 1. The number of oxime groups is 1. The van der Waals surface area contributed by atoms with Crippen LogP contribution in [0.25, 0.3) is 0 Å². The van der Waals surface area contributed by atoms with Crippen molar-refractivity contribution in [3.8, 4) is 0 Å². The van der Waals surface area contributed by atoms with Crippen molar-refractivity contribution in [2.45, 2.75) is 38.8 Å². The molecule has 0 spiro atoms. The van der Waals surface area contributed by atoms with Crippen molar-refractivity contribution in [1.29, 1.82) is 0 Å². The average molecular weight is 421 g/mol. The van der Waals surface area contributed by atoms with E-state index in [9.17, 15) is 31.1 Å². The van der Waals surface area contributed by atoms with Crippen LogP contribution in [0.1, 0.15) is 19.4 Å². The van der Waals surface area contributed by atoms with E-state index in [4.69, 9.17) is 11.6 Å². The maximum Gasteiger partial charge on any atom is 0.461 e. The highest BCUT2D eigenvalue weighted by atomic mass is 35.5. The van der Waals surface area contributed by atoms with Crippen LogP contribution in [0.3, 0.4) is 0 Å². The Balaban J connectivity index is 3.23. The van der Waals surface area contributed by atoms with E-state index in [0.717, 1.165) is 5.32 Å². The van der Waals surface area contributed by atoms with E-state index in [1.54, 1.807) is 12.2 Å². The molecule has 152 valence electrons. The van der Waals surface area contributed by atoms with Gasteiger partial charge < -0.3 is 4.84 Å². The largest absolute Gasteiger partial charge is 0.461 e. The zero-order valence-corrected chi connectivity index (χ0v) is 14.9. The van der Waals surface area contributed by atoms with Gasteiger partial charge in [0.25, 0.3) is 0 Å². The lowest BCUT2D eigenvalue weighted by Gasteiger charge is -2.34. The van der Waals surface area contributed by atoms with Crippen LogP contribution < -0.4 is 10.6 Å². The summed E-state index contributed by atoms with van der Waals surface area (Å²) in [6, 6.07) is 0.875. The standard InChI is InChI=1S/C14H15ClF6N4O2/c1-7(2)10(15)25-27-12(13(16,17)18,14(19,20)21)24-11(26)23-9-6-8(3)4-5-22-9/h4-7H,1-3H3,(H2,22,23,24,26)/b25-10+. The number of nitrogens with zero attached hydrogens (tertiary/aromatic N) is 2. The highest BCUT2D eigenvalue weighted by Crippen LogP contribution is 2.44. The molecule has 1 aromatic rings. The zero-order chi connectivity index (χ0) is 21.0. The van der Waals surface area contributed by atoms with Crippen molar-refractivity contribution in [2.24, 2.45) is 11.1 Å². The minimum Gasteiger partial charge on any atom is -0.346 e. The molecule has 0 fully saturated rings. The van der Waals surface area contributed by atoms with E-state index < -0.39 is 35.2 Å². The molecule has 0 aliphatic heterocycles. The van der Waals surface area contributed by atoms with Crippen LogP contribution in [0.5, 0.6) is 0 Å². The smallest absolute Gasteiger partial charge is 0.346 e. The Labute approximate surface area is 154 Å². The van der Waals surface area contributed by atoms with E-state index in [2.05, 4.69) is 15.0 Å². The van der Waals surface area contributed by atoms with Gasteiger partial charge in [-0.2, -0.15) is 26.3 Å². The summed E-state index contributed by atoms with van der Waals surface area (Å²) in [7, 11) is 0. The minimum absolute atomic E-state index is 0.269. The number of carbonyl (C=O) groups is 1. The van der Waals surface area contributed by atoms with E-state index in [-0.39, 0.29) is 5.82 Å². The highest BCUT2D eigenvalue weighted by molar-refractivity contribution is 6.65. The molecule has 0 bridgehead atoms. The van der Waals surface area contributed by atoms with Crippen molar-refractivity contribution in [2.75, 3.05) is 5.32 Å². The fourth-order valence-corrected chi connectivity index (χ4v) is 1.59. The number of nitrogens with one attached hydrogen (secondary N) is 2. The Kier molecular flexibility index (Phi) is 6.92. The molecule has 6 nitrogen and oxygen atoms in total. The average Bonchev–Trinajstić information content (AvgIpc) is 2.48. The topological polar surface area (TPSA) is 75.6 Å². The number of amides is 2. The normalized spacial score (nSPS) is 13.5. The van der Waals surface area contributed by atoms with E-state index in [1.807, 2.05) is 0 Å². The van der Waals surface area contributed by atoms with Gasteiger partial charge in [0.05, 0.1) is 0 Å². The molecule has 0 unspecified atom stereocenters. The van der Waals surface area contributed by atoms with Gasteiger partial charge in [-0.25, -0.2) is 9.78 Å². The summed E-state index contributed by atoms with van der Waals surface area (Å²) >= 11 is 5.46. The summed E-state index contributed by atoms with van der Waals surface area (Å²) in [5.41, 5.74) is -4.56.